The molecule has 0 saturated heterocycles. The fourth-order valence-electron chi connectivity index (χ4n) is 4.31. The first-order valence-electron chi connectivity index (χ1n) is 11.8. The molecule has 3 aromatic heterocycles. The van der Waals surface area contributed by atoms with Gasteiger partial charge >= 0.3 is 0 Å². The maximum atomic E-state index is 13.5. The number of methoxy groups -OCH3 is 1. The van der Waals surface area contributed by atoms with Crippen molar-refractivity contribution in [1.29, 1.82) is 0 Å². The monoisotopic (exact) mass is 530 g/mol. The molecule has 0 radical (unpaired) electrons. The van der Waals surface area contributed by atoms with Crippen molar-refractivity contribution < 1.29 is 19.1 Å². The summed E-state index contributed by atoms with van der Waals surface area (Å²) in [5.74, 6) is 0.0372. The molecule has 192 valence electrons. The molecule has 1 atom stereocenters. The van der Waals surface area contributed by atoms with Gasteiger partial charge in [0.1, 0.15) is 11.6 Å². The Balaban J connectivity index is 1.39. The molecule has 5 rings (SSSR count). The third-order valence-corrected chi connectivity index (χ3v) is 6.59. The second kappa shape index (κ2) is 10.8. The Morgan fingerprint density at radius 2 is 2.03 bits per heavy atom. The molecule has 4 aromatic rings. The first-order chi connectivity index (χ1) is 18.4. The van der Waals surface area contributed by atoms with E-state index in [2.05, 4.69) is 25.5 Å². The van der Waals surface area contributed by atoms with Gasteiger partial charge in [-0.3, -0.25) is 24.5 Å². The van der Waals surface area contributed by atoms with Crippen LogP contribution in [0, 0.1) is 0 Å². The molecule has 4 heterocycles. The zero-order valence-electron chi connectivity index (χ0n) is 20.3. The van der Waals surface area contributed by atoms with E-state index in [4.69, 9.17) is 16.3 Å². The van der Waals surface area contributed by atoms with Gasteiger partial charge in [0, 0.05) is 24.9 Å². The summed E-state index contributed by atoms with van der Waals surface area (Å²) < 4.78 is 5.08. The van der Waals surface area contributed by atoms with E-state index in [-0.39, 0.29) is 41.7 Å². The summed E-state index contributed by atoms with van der Waals surface area (Å²) in [6.45, 7) is 0.106. The quantitative estimate of drug-likeness (QED) is 0.374. The van der Waals surface area contributed by atoms with Crippen LogP contribution in [0.5, 0.6) is 5.75 Å². The van der Waals surface area contributed by atoms with Crippen LogP contribution in [0.15, 0.2) is 67.1 Å². The second-order valence-electron chi connectivity index (χ2n) is 8.73. The lowest BCUT2D eigenvalue weighted by molar-refractivity contribution is -0.122. The predicted molar refractivity (Wildman–Crippen MR) is 139 cm³/mol. The van der Waals surface area contributed by atoms with Gasteiger partial charge in [-0.15, -0.1) is 0 Å². The SMILES string of the molecule is COc1ccc(NC(=O)c2ccc(CN3C(=O)c4cn[nH]c4CC(=O)C3Cc3ccccn3)cc2Cl)nc1. The van der Waals surface area contributed by atoms with E-state index in [0.717, 1.165) is 0 Å². The number of anilines is 1. The van der Waals surface area contributed by atoms with Crippen LogP contribution >= 0.6 is 11.6 Å². The molecule has 1 unspecified atom stereocenters. The van der Waals surface area contributed by atoms with E-state index in [1.165, 1.54) is 24.4 Å². The summed E-state index contributed by atoms with van der Waals surface area (Å²) in [6.07, 6.45) is 4.92. The Labute approximate surface area is 223 Å². The number of Topliss-reactive ketones (excluding diaryl/α,β-unsaturated/α-hetero) is 1. The summed E-state index contributed by atoms with van der Waals surface area (Å²) in [4.78, 5) is 49.6. The number of hydrogen-bond acceptors (Lipinski definition) is 7. The molecular formula is C27H23ClN6O4. The summed E-state index contributed by atoms with van der Waals surface area (Å²) in [7, 11) is 1.53. The number of pyridine rings is 2. The predicted octanol–water partition coefficient (Wildman–Crippen LogP) is 3.49. The van der Waals surface area contributed by atoms with Gasteiger partial charge < -0.3 is 15.0 Å². The molecule has 0 fully saturated rings. The van der Waals surface area contributed by atoms with Crippen molar-refractivity contribution in [2.45, 2.75) is 25.4 Å². The summed E-state index contributed by atoms with van der Waals surface area (Å²) >= 11 is 6.49. The molecule has 38 heavy (non-hydrogen) atoms. The topological polar surface area (TPSA) is 130 Å². The zero-order chi connectivity index (χ0) is 26.6. The van der Waals surface area contributed by atoms with Crippen LogP contribution in [0.1, 0.15) is 37.7 Å². The zero-order valence-corrected chi connectivity index (χ0v) is 21.1. The lowest BCUT2D eigenvalue weighted by Gasteiger charge is -2.29. The molecule has 2 amide bonds. The van der Waals surface area contributed by atoms with Crippen molar-refractivity contribution in [3.05, 3.63) is 100 Å². The van der Waals surface area contributed by atoms with Crippen molar-refractivity contribution in [2.24, 2.45) is 0 Å². The van der Waals surface area contributed by atoms with E-state index in [0.29, 0.717) is 34.1 Å². The van der Waals surface area contributed by atoms with Gasteiger partial charge in [0.25, 0.3) is 11.8 Å². The number of carbonyl (C=O) groups excluding carboxylic acids is 3. The van der Waals surface area contributed by atoms with Gasteiger partial charge in [0.2, 0.25) is 0 Å². The summed E-state index contributed by atoms with van der Waals surface area (Å²) in [5, 5.41) is 9.63. The third-order valence-electron chi connectivity index (χ3n) is 6.28. The first-order valence-corrected chi connectivity index (χ1v) is 12.2. The van der Waals surface area contributed by atoms with Crippen LogP contribution in [0.4, 0.5) is 5.82 Å². The lowest BCUT2D eigenvalue weighted by Crippen LogP contribution is -2.45. The van der Waals surface area contributed by atoms with Gasteiger partial charge in [-0.05, 0) is 42.0 Å². The Morgan fingerprint density at radius 1 is 1.16 bits per heavy atom. The van der Waals surface area contributed by atoms with E-state index in [9.17, 15) is 14.4 Å². The summed E-state index contributed by atoms with van der Waals surface area (Å²) in [6, 6.07) is 12.9. The smallest absolute Gasteiger partial charge is 0.258 e. The Kier molecular flexibility index (Phi) is 7.14. The minimum absolute atomic E-state index is 0.0638. The average molecular weight is 531 g/mol. The van der Waals surface area contributed by atoms with E-state index >= 15 is 0 Å². The number of carbonyl (C=O) groups is 3. The largest absolute Gasteiger partial charge is 0.495 e. The third kappa shape index (κ3) is 5.25. The molecule has 1 aliphatic heterocycles. The second-order valence-corrected chi connectivity index (χ2v) is 9.14. The van der Waals surface area contributed by atoms with E-state index in [1.54, 1.807) is 42.6 Å². The van der Waals surface area contributed by atoms with Crippen LogP contribution in [-0.4, -0.2) is 55.8 Å². The lowest BCUT2D eigenvalue weighted by atomic mass is 10.0. The molecule has 0 bridgehead atoms. The molecule has 0 saturated carbocycles. The highest BCUT2D eigenvalue weighted by Gasteiger charge is 2.36. The molecule has 1 aliphatic rings. The number of amides is 2. The van der Waals surface area contributed by atoms with Gasteiger partial charge in [0.15, 0.2) is 5.78 Å². The number of ketones is 1. The van der Waals surface area contributed by atoms with Crippen LogP contribution in [-0.2, 0) is 24.2 Å². The Morgan fingerprint density at radius 3 is 2.74 bits per heavy atom. The highest BCUT2D eigenvalue weighted by molar-refractivity contribution is 6.34. The fourth-order valence-corrected chi connectivity index (χ4v) is 4.60. The van der Waals surface area contributed by atoms with Gasteiger partial charge in [-0.2, -0.15) is 5.10 Å². The highest BCUT2D eigenvalue weighted by atomic mass is 35.5. The number of rotatable bonds is 7. The maximum Gasteiger partial charge on any atom is 0.258 e. The number of ether oxygens (including phenoxy) is 1. The van der Waals surface area contributed by atoms with Crippen LogP contribution < -0.4 is 10.1 Å². The first kappa shape index (κ1) is 25.1. The number of aromatic amines is 1. The molecular weight excluding hydrogens is 508 g/mol. The maximum absolute atomic E-state index is 13.5. The molecule has 10 nitrogen and oxygen atoms in total. The van der Waals surface area contributed by atoms with Crippen LogP contribution in [0.25, 0.3) is 0 Å². The standard InChI is InChI=1S/C27H23ClN6O4/c1-38-18-6-8-25(30-13-18)32-26(36)19-7-5-16(10-21(19)28)15-34-23(11-17-4-2-3-9-29-17)24(35)12-22-20(27(34)37)14-31-33-22/h2-10,13-14,23H,11-12,15H2,1H3,(H,31,33)(H,30,32,36). The number of H-pyrrole nitrogens is 1. The van der Waals surface area contributed by atoms with Gasteiger partial charge in [-0.1, -0.05) is 23.7 Å². The Hall–Kier alpha value is -4.57. The van der Waals surface area contributed by atoms with Crippen molar-refractivity contribution in [2.75, 3.05) is 12.4 Å². The number of benzene rings is 1. The van der Waals surface area contributed by atoms with Crippen LogP contribution in [0.3, 0.4) is 0 Å². The highest BCUT2D eigenvalue weighted by Crippen LogP contribution is 2.26. The number of nitrogens with one attached hydrogen (secondary N) is 2. The van der Waals surface area contributed by atoms with Gasteiger partial charge in [0.05, 0.1) is 53.8 Å². The average Bonchev–Trinajstić information content (AvgIpc) is 3.36. The normalized spacial score (nSPS) is 15.1. The molecule has 2 N–H and O–H groups in total. The van der Waals surface area contributed by atoms with Crippen molar-refractivity contribution in [1.82, 2.24) is 25.1 Å². The van der Waals surface area contributed by atoms with E-state index in [1.807, 2.05) is 12.1 Å². The molecule has 0 spiro atoms. The Bertz CT molecular complexity index is 1490. The number of fused-ring (bicyclic) bond motifs is 1. The fraction of sp³-hybridized carbons (Fsp3) is 0.185. The molecule has 11 heteroatoms. The number of nitrogens with zero attached hydrogens (tertiary/aromatic N) is 4. The number of aromatic nitrogens is 4. The molecule has 1 aromatic carbocycles. The summed E-state index contributed by atoms with van der Waals surface area (Å²) in [5.41, 5.74) is 2.45. The molecule has 0 aliphatic carbocycles. The number of hydrogen-bond donors (Lipinski definition) is 2. The van der Waals surface area contributed by atoms with Crippen molar-refractivity contribution >= 4 is 35.0 Å². The van der Waals surface area contributed by atoms with Crippen molar-refractivity contribution in [3.63, 3.8) is 0 Å². The van der Waals surface area contributed by atoms with Gasteiger partial charge in [-0.25, -0.2) is 4.98 Å². The number of halogens is 1. The minimum Gasteiger partial charge on any atom is -0.495 e. The minimum atomic E-state index is -0.735. The van der Waals surface area contributed by atoms with Crippen LogP contribution in [0.2, 0.25) is 5.02 Å². The van der Waals surface area contributed by atoms with Crippen molar-refractivity contribution in [3.8, 4) is 5.75 Å². The van der Waals surface area contributed by atoms with E-state index < -0.39 is 11.9 Å².